The van der Waals surface area contributed by atoms with Gasteiger partial charge < -0.3 is 18.9 Å². The fourth-order valence-corrected chi connectivity index (χ4v) is 3.39. The number of benzene rings is 2. The molecule has 10 nitrogen and oxygen atoms in total. The number of anilines is 1. The molecule has 0 aromatic heterocycles. The Morgan fingerprint density at radius 1 is 0.969 bits per heavy atom. The summed E-state index contributed by atoms with van der Waals surface area (Å²) >= 11 is 0. The van der Waals surface area contributed by atoms with Crippen LogP contribution in [0.3, 0.4) is 0 Å². The van der Waals surface area contributed by atoms with Crippen molar-refractivity contribution in [2.75, 3.05) is 33.3 Å². The lowest BCUT2D eigenvalue weighted by molar-refractivity contribution is -0.121. The second-order valence-electron chi connectivity index (χ2n) is 6.99. The summed E-state index contributed by atoms with van der Waals surface area (Å²) in [5.74, 6) is 0.0919. The van der Waals surface area contributed by atoms with Crippen molar-refractivity contribution in [3.63, 3.8) is 0 Å². The van der Waals surface area contributed by atoms with E-state index in [4.69, 9.17) is 18.9 Å². The predicted octanol–water partition coefficient (Wildman–Crippen LogP) is 1.60. The lowest BCUT2D eigenvalue weighted by Gasteiger charge is -2.19. The molecule has 3 rings (SSSR count). The van der Waals surface area contributed by atoms with Crippen LogP contribution in [-0.4, -0.2) is 52.2 Å². The van der Waals surface area contributed by atoms with Crippen LogP contribution in [0.4, 0.5) is 5.69 Å². The van der Waals surface area contributed by atoms with E-state index in [1.165, 1.54) is 40.6 Å². The number of carbonyl (C=O) groups excluding carboxylic acids is 3. The van der Waals surface area contributed by atoms with Crippen LogP contribution in [0.25, 0.3) is 0 Å². The molecule has 0 bridgehead atoms. The minimum atomic E-state index is -0.918. The molecule has 1 heterocycles. The topological polar surface area (TPSA) is 115 Å². The van der Waals surface area contributed by atoms with Gasteiger partial charge in [0.25, 0.3) is 11.8 Å². The first-order chi connectivity index (χ1) is 15.3. The number of hydrazine groups is 1. The van der Waals surface area contributed by atoms with Crippen molar-refractivity contribution < 1.29 is 33.3 Å². The van der Waals surface area contributed by atoms with Crippen LogP contribution < -0.4 is 34.7 Å². The summed E-state index contributed by atoms with van der Waals surface area (Å²) < 4.78 is 20.9. The first-order valence-electron chi connectivity index (χ1n) is 9.71. The van der Waals surface area contributed by atoms with Crippen molar-refractivity contribution in [3.05, 3.63) is 41.5 Å². The zero-order valence-corrected chi connectivity index (χ0v) is 18.5. The molecule has 32 heavy (non-hydrogen) atoms. The Hall–Kier alpha value is -3.79. The van der Waals surface area contributed by atoms with Crippen LogP contribution in [0, 0.1) is 6.92 Å². The highest BCUT2D eigenvalue weighted by Gasteiger charge is 2.40. The Kier molecular flexibility index (Phi) is 6.84. The Morgan fingerprint density at radius 2 is 1.62 bits per heavy atom. The lowest BCUT2D eigenvalue weighted by atomic mass is 10.1. The van der Waals surface area contributed by atoms with Gasteiger partial charge in [-0.1, -0.05) is 6.07 Å². The molecule has 1 saturated heterocycles. The van der Waals surface area contributed by atoms with E-state index in [1.807, 2.05) is 0 Å². The standard InChI is InChI=1S/C22H25N3O7/c1-12-6-7-14(29-2)10-16(12)25-19(26)11-15(22(25)28)23-24-21(27)13-8-17(30-3)20(32-5)18(9-13)31-4/h6-10,15,23H,11H2,1-5H3,(H,24,27)/t15-/m1/s1. The fourth-order valence-electron chi connectivity index (χ4n) is 3.39. The SMILES string of the molecule is COc1ccc(C)c(N2C(=O)C[C@@H](NNC(=O)c3cc(OC)c(OC)c(OC)c3)C2=O)c1. The number of carbonyl (C=O) groups is 3. The molecule has 2 aromatic rings. The van der Waals surface area contributed by atoms with Gasteiger partial charge in [0.15, 0.2) is 11.5 Å². The lowest BCUT2D eigenvalue weighted by Crippen LogP contribution is -2.48. The summed E-state index contributed by atoms with van der Waals surface area (Å²) in [4.78, 5) is 39.2. The van der Waals surface area contributed by atoms with E-state index in [1.54, 1.807) is 25.1 Å². The van der Waals surface area contributed by atoms with E-state index in [-0.39, 0.29) is 17.9 Å². The van der Waals surface area contributed by atoms with Crippen LogP contribution in [-0.2, 0) is 9.59 Å². The number of hydrogen-bond donors (Lipinski definition) is 2. The van der Waals surface area contributed by atoms with Gasteiger partial charge in [0, 0.05) is 11.6 Å². The van der Waals surface area contributed by atoms with Crippen LogP contribution in [0.15, 0.2) is 30.3 Å². The molecular weight excluding hydrogens is 418 g/mol. The van der Waals surface area contributed by atoms with Crippen LogP contribution in [0.2, 0.25) is 0 Å². The molecule has 3 amide bonds. The monoisotopic (exact) mass is 443 g/mol. The number of ether oxygens (including phenoxy) is 4. The fraction of sp³-hybridized carbons (Fsp3) is 0.318. The van der Waals surface area contributed by atoms with Crippen molar-refractivity contribution in [2.45, 2.75) is 19.4 Å². The van der Waals surface area contributed by atoms with Crippen LogP contribution in [0.1, 0.15) is 22.3 Å². The van der Waals surface area contributed by atoms with Crippen LogP contribution in [0.5, 0.6) is 23.0 Å². The van der Waals surface area contributed by atoms with Crippen molar-refractivity contribution in [2.24, 2.45) is 0 Å². The summed E-state index contributed by atoms with van der Waals surface area (Å²) in [7, 11) is 5.84. The van der Waals surface area contributed by atoms with E-state index in [2.05, 4.69) is 10.9 Å². The maximum atomic E-state index is 12.9. The number of hydrogen-bond acceptors (Lipinski definition) is 8. The van der Waals surface area contributed by atoms with Crippen LogP contribution >= 0.6 is 0 Å². The molecule has 0 aliphatic carbocycles. The highest BCUT2D eigenvalue weighted by molar-refractivity contribution is 6.22. The number of rotatable bonds is 8. The summed E-state index contributed by atoms with van der Waals surface area (Å²) in [6, 6.07) is 7.18. The van der Waals surface area contributed by atoms with Gasteiger partial charge in [-0.25, -0.2) is 10.3 Å². The van der Waals surface area contributed by atoms with E-state index in [0.29, 0.717) is 28.7 Å². The summed E-state index contributed by atoms with van der Waals surface area (Å²) in [5.41, 5.74) is 6.53. The zero-order chi connectivity index (χ0) is 23.4. The molecule has 1 fully saturated rings. The van der Waals surface area contributed by atoms with Gasteiger partial charge in [-0.15, -0.1) is 0 Å². The molecule has 1 aliphatic heterocycles. The normalized spacial score (nSPS) is 15.5. The largest absolute Gasteiger partial charge is 0.497 e. The van der Waals surface area contributed by atoms with E-state index >= 15 is 0 Å². The average Bonchev–Trinajstić information content (AvgIpc) is 3.09. The van der Waals surface area contributed by atoms with Crippen molar-refractivity contribution in [1.82, 2.24) is 10.9 Å². The van der Waals surface area contributed by atoms with Gasteiger partial charge in [0.1, 0.15) is 11.8 Å². The van der Waals surface area contributed by atoms with E-state index in [0.717, 1.165) is 10.5 Å². The van der Waals surface area contributed by atoms with Crippen molar-refractivity contribution in [3.8, 4) is 23.0 Å². The van der Waals surface area contributed by atoms with Crippen molar-refractivity contribution in [1.29, 1.82) is 0 Å². The number of methoxy groups -OCH3 is 4. The Labute approximate surface area is 185 Å². The smallest absolute Gasteiger partial charge is 0.265 e. The molecule has 170 valence electrons. The maximum absolute atomic E-state index is 12.9. The molecule has 0 saturated carbocycles. The third-order valence-corrected chi connectivity index (χ3v) is 5.09. The molecule has 2 N–H and O–H groups in total. The summed E-state index contributed by atoms with van der Waals surface area (Å²) in [6.45, 7) is 1.79. The molecule has 1 atom stereocenters. The zero-order valence-electron chi connectivity index (χ0n) is 18.5. The third-order valence-electron chi connectivity index (χ3n) is 5.09. The quantitative estimate of drug-likeness (QED) is 0.467. The summed E-state index contributed by atoms with van der Waals surface area (Å²) in [5, 5.41) is 0. The van der Waals surface area contributed by atoms with Gasteiger partial charge in [0.05, 0.1) is 40.5 Å². The average molecular weight is 443 g/mol. The van der Waals surface area contributed by atoms with Gasteiger partial charge in [-0.3, -0.25) is 19.8 Å². The number of amides is 3. The Morgan fingerprint density at radius 3 is 2.19 bits per heavy atom. The Balaban J connectivity index is 1.75. The predicted molar refractivity (Wildman–Crippen MR) is 115 cm³/mol. The van der Waals surface area contributed by atoms with E-state index in [9.17, 15) is 14.4 Å². The highest BCUT2D eigenvalue weighted by Crippen LogP contribution is 2.38. The minimum Gasteiger partial charge on any atom is -0.497 e. The first kappa shape index (κ1) is 22.9. The first-order valence-corrected chi connectivity index (χ1v) is 9.71. The molecule has 0 radical (unpaired) electrons. The molecular formula is C22H25N3O7. The number of aryl methyl sites for hydroxylation is 1. The number of imide groups is 1. The number of nitrogens with zero attached hydrogens (tertiary/aromatic N) is 1. The van der Waals surface area contributed by atoms with Gasteiger partial charge in [-0.2, -0.15) is 0 Å². The minimum absolute atomic E-state index is 0.106. The molecule has 0 spiro atoms. The van der Waals surface area contributed by atoms with Gasteiger partial charge in [0.2, 0.25) is 11.7 Å². The van der Waals surface area contributed by atoms with Gasteiger partial charge in [-0.05, 0) is 30.7 Å². The Bertz CT molecular complexity index is 1030. The molecule has 10 heteroatoms. The molecule has 1 aliphatic rings. The molecule has 2 aromatic carbocycles. The third kappa shape index (κ3) is 4.30. The number of nitrogens with one attached hydrogen (secondary N) is 2. The van der Waals surface area contributed by atoms with Gasteiger partial charge >= 0.3 is 0 Å². The van der Waals surface area contributed by atoms with E-state index < -0.39 is 17.9 Å². The second-order valence-corrected chi connectivity index (χ2v) is 6.99. The highest BCUT2D eigenvalue weighted by atomic mass is 16.5. The summed E-state index contributed by atoms with van der Waals surface area (Å²) in [6.07, 6.45) is -0.106. The molecule has 0 unspecified atom stereocenters. The van der Waals surface area contributed by atoms with Crippen molar-refractivity contribution >= 4 is 23.4 Å². The second kappa shape index (κ2) is 9.56. The maximum Gasteiger partial charge on any atom is 0.265 e.